The molecule has 5 aromatic rings. The zero-order valence-corrected chi connectivity index (χ0v) is 25.0. The van der Waals surface area contributed by atoms with E-state index in [-0.39, 0.29) is 24.1 Å². The molecule has 0 bridgehead atoms. The maximum absolute atomic E-state index is 15.4. The van der Waals surface area contributed by atoms with Gasteiger partial charge >= 0.3 is 253 Å². The number of carbonyl (C=O) groups excluding carboxylic acids is 1. The molecular weight excluding hydrogens is 549 g/mol. The van der Waals surface area contributed by atoms with Gasteiger partial charge in [0.1, 0.15) is 0 Å². The van der Waals surface area contributed by atoms with Gasteiger partial charge in [0.2, 0.25) is 0 Å². The first kappa shape index (κ1) is 26.5. The minimum atomic E-state index is -3.88. The number of rotatable bonds is 6. The first-order valence-electron chi connectivity index (χ1n) is 15.1. The van der Waals surface area contributed by atoms with E-state index in [1.807, 2.05) is 42.5 Å². The van der Waals surface area contributed by atoms with Crippen molar-refractivity contribution in [3.8, 4) is 0 Å². The third-order valence-electron chi connectivity index (χ3n) is 9.94. The summed E-state index contributed by atoms with van der Waals surface area (Å²) >= 11 is 0. The van der Waals surface area contributed by atoms with Gasteiger partial charge in [-0.3, -0.25) is 0 Å². The van der Waals surface area contributed by atoms with Crippen LogP contribution in [0.1, 0.15) is 36.6 Å². The second-order valence-corrected chi connectivity index (χ2v) is 16.4. The van der Waals surface area contributed by atoms with Gasteiger partial charge in [0.15, 0.2) is 0 Å². The van der Waals surface area contributed by atoms with Crippen LogP contribution in [0.5, 0.6) is 0 Å². The van der Waals surface area contributed by atoms with Crippen LogP contribution in [0.15, 0.2) is 152 Å². The van der Waals surface area contributed by atoms with Crippen LogP contribution in [0.4, 0.5) is 0 Å². The number of likely N-dealkylation sites (tertiary alicyclic amines) is 1. The number of carbonyl (C=O) groups is 1. The van der Waals surface area contributed by atoms with Crippen LogP contribution in [-0.2, 0) is 14.1 Å². The number of benzene rings is 5. The summed E-state index contributed by atoms with van der Waals surface area (Å²) in [5.74, 6) is -0.978. The first-order chi connectivity index (χ1) is 21.1. The van der Waals surface area contributed by atoms with Gasteiger partial charge < -0.3 is 0 Å². The summed E-state index contributed by atoms with van der Waals surface area (Å²) in [7, 11) is 0. The number of ether oxygens (including phenoxy) is 1. The van der Waals surface area contributed by atoms with Gasteiger partial charge in [-0.05, 0) is 0 Å². The zero-order valence-electron chi connectivity index (χ0n) is 24.1. The maximum atomic E-state index is 15.4. The molecule has 3 aliphatic rings. The van der Waals surface area contributed by atoms with E-state index in [0.29, 0.717) is 6.42 Å². The van der Waals surface area contributed by atoms with Gasteiger partial charge in [-0.1, -0.05) is 0 Å². The van der Waals surface area contributed by atoms with Crippen molar-refractivity contribution in [2.75, 3.05) is 0 Å². The predicted octanol–water partition coefficient (Wildman–Crippen LogP) is 6.66. The summed E-state index contributed by atoms with van der Waals surface area (Å²) in [4.78, 5) is 17.5. The Hall–Kier alpha value is -4.08. The van der Waals surface area contributed by atoms with Crippen molar-refractivity contribution < 1.29 is 14.1 Å². The molecule has 1 spiro atoms. The van der Waals surface area contributed by atoms with Crippen molar-refractivity contribution in [3.63, 3.8) is 0 Å². The number of nitrogens with zero attached hydrogens (tertiary/aromatic N) is 1. The number of amides is 1. The first-order valence-corrected chi connectivity index (χ1v) is 17.3. The topological polar surface area (TPSA) is 38.8 Å². The Balaban J connectivity index is 1.41. The van der Waals surface area contributed by atoms with Crippen molar-refractivity contribution in [3.05, 3.63) is 163 Å². The summed E-state index contributed by atoms with van der Waals surface area (Å²) in [5, 5.41) is 3.15. The summed E-state index contributed by atoms with van der Waals surface area (Å²) in [6, 6.07) is 51.7. The van der Waals surface area contributed by atoms with Crippen LogP contribution in [0.25, 0.3) is 0 Å². The molecule has 4 nitrogen and oxygen atoms in total. The molecule has 3 saturated heterocycles. The predicted molar refractivity (Wildman–Crippen MR) is 173 cm³/mol. The van der Waals surface area contributed by atoms with E-state index in [9.17, 15) is 0 Å². The van der Waals surface area contributed by atoms with Crippen LogP contribution >= 0.6 is 6.83 Å². The molecule has 3 heterocycles. The second-order valence-electron chi connectivity index (χ2n) is 11.9. The molecule has 214 valence electrons. The molecule has 1 amide bonds. The summed E-state index contributed by atoms with van der Waals surface area (Å²) in [5.41, 5.74) is 1.69. The molecule has 0 radical (unpaired) electrons. The molecule has 0 N–H and O–H groups in total. The average Bonchev–Trinajstić information content (AvgIpc) is 3.54. The standard InChI is InChI=1S/C38H34NO3P/c1-28(29-17-7-2-8-18-29)39-35-27-34(30-19-9-3-10-20-30)41-38(35)36(37(39)40)43(42-38,31-21-11-4-12-22-31,32-23-13-5-14-24-32)33-25-15-6-16-26-33/h2-26,28,34-36H,27H2,1H3/t28-,34-,35-,36?,38?/m0/s1. The summed E-state index contributed by atoms with van der Waals surface area (Å²) in [6.07, 6.45) is 0.492. The zero-order chi connectivity index (χ0) is 29.1. The van der Waals surface area contributed by atoms with Crippen LogP contribution in [0.3, 0.4) is 0 Å². The Morgan fingerprint density at radius 2 is 1.12 bits per heavy atom. The van der Waals surface area contributed by atoms with Crippen LogP contribution in [0, 0.1) is 0 Å². The molecule has 3 fully saturated rings. The fourth-order valence-corrected chi connectivity index (χ4v) is 14.9. The van der Waals surface area contributed by atoms with Crippen molar-refractivity contribution in [1.29, 1.82) is 0 Å². The summed E-state index contributed by atoms with van der Waals surface area (Å²) < 4.78 is 14.9. The third-order valence-corrected chi connectivity index (χ3v) is 16.1. The van der Waals surface area contributed by atoms with Crippen LogP contribution < -0.4 is 15.9 Å². The fourth-order valence-electron chi connectivity index (χ4n) is 8.17. The number of hydrogen-bond acceptors (Lipinski definition) is 3. The second kappa shape index (κ2) is 9.72. The molecule has 0 aromatic heterocycles. The Labute approximate surface area is 252 Å². The molecule has 5 atom stereocenters. The Kier molecular flexibility index (Phi) is 6.00. The van der Waals surface area contributed by atoms with E-state index in [4.69, 9.17) is 9.26 Å². The van der Waals surface area contributed by atoms with E-state index < -0.39 is 18.3 Å². The van der Waals surface area contributed by atoms with Gasteiger partial charge in [-0.2, -0.15) is 0 Å². The third kappa shape index (κ3) is 3.40. The summed E-state index contributed by atoms with van der Waals surface area (Å²) in [6.45, 7) is -1.74. The quantitative estimate of drug-likeness (QED) is 0.210. The van der Waals surface area contributed by atoms with Crippen molar-refractivity contribution >= 4 is 28.7 Å². The minimum absolute atomic E-state index is 0.105. The van der Waals surface area contributed by atoms with Crippen LogP contribution in [-0.4, -0.2) is 28.3 Å². The molecule has 5 aromatic carbocycles. The van der Waals surface area contributed by atoms with Crippen molar-refractivity contribution in [1.82, 2.24) is 4.90 Å². The van der Waals surface area contributed by atoms with E-state index in [2.05, 4.69) is 121 Å². The van der Waals surface area contributed by atoms with Crippen molar-refractivity contribution in [2.45, 2.75) is 43.0 Å². The molecule has 2 unspecified atom stereocenters. The fraction of sp³-hybridized carbons (Fsp3) is 0.184. The van der Waals surface area contributed by atoms with Gasteiger partial charge in [0.25, 0.3) is 0 Å². The Morgan fingerprint density at radius 1 is 0.674 bits per heavy atom. The van der Waals surface area contributed by atoms with Gasteiger partial charge in [-0.15, -0.1) is 0 Å². The van der Waals surface area contributed by atoms with E-state index in [0.717, 1.165) is 27.0 Å². The van der Waals surface area contributed by atoms with Gasteiger partial charge in [0, 0.05) is 0 Å². The molecule has 0 aliphatic carbocycles. The Morgan fingerprint density at radius 3 is 1.60 bits per heavy atom. The molecule has 43 heavy (non-hydrogen) atoms. The van der Waals surface area contributed by atoms with Gasteiger partial charge in [-0.25, -0.2) is 0 Å². The molecule has 5 heteroatoms. The SMILES string of the molecule is C[C@@H](c1ccccc1)N1C(=O)C2C3(O[C@H](c4ccccc4)C[C@H]13)OP2(c1ccccc1)(c1ccccc1)c1ccccc1. The molecule has 8 rings (SSSR count). The normalized spacial score (nSPS) is 28.1. The van der Waals surface area contributed by atoms with Gasteiger partial charge in [0.05, 0.1) is 0 Å². The molecule has 3 aliphatic heterocycles. The monoisotopic (exact) mass is 583 g/mol. The Bertz CT molecular complexity index is 1670. The molecule has 0 saturated carbocycles. The van der Waals surface area contributed by atoms with Crippen molar-refractivity contribution in [2.24, 2.45) is 0 Å². The van der Waals surface area contributed by atoms with E-state index in [1.165, 1.54) is 0 Å². The molecular formula is C38H34NO3P. The van der Waals surface area contributed by atoms with E-state index in [1.54, 1.807) is 0 Å². The van der Waals surface area contributed by atoms with E-state index >= 15 is 4.79 Å². The number of hydrogen-bond donors (Lipinski definition) is 0. The van der Waals surface area contributed by atoms with Crippen LogP contribution in [0.2, 0.25) is 0 Å². The average molecular weight is 584 g/mol.